The average Bonchev–Trinajstić information content (AvgIpc) is 2.09. The molecular formula is C11H24N2O. The van der Waals surface area contributed by atoms with Crippen LogP contribution < -0.4 is 5.32 Å². The van der Waals surface area contributed by atoms with Crippen LogP contribution in [0, 0.1) is 0 Å². The van der Waals surface area contributed by atoms with Gasteiger partial charge >= 0.3 is 0 Å². The van der Waals surface area contributed by atoms with Crippen LogP contribution in [0.5, 0.6) is 0 Å². The van der Waals surface area contributed by atoms with Gasteiger partial charge in [-0.1, -0.05) is 0 Å². The van der Waals surface area contributed by atoms with Crippen molar-refractivity contribution in [2.75, 3.05) is 19.6 Å². The van der Waals surface area contributed by atoms with E-state index in [0.29, 0.717) is 6.54 Å². The summed E-state index contributed by atoms with van der Waals surface area (Å²) in [6, 6.07) is 0. The Bertz CT molecular complexity index is 196. The first-order valence-electron chi connectivity index (χ1n) is 5.39. The van der Waals surface area contributed by atoms with Crippen molar-refractivity contribution >= 4 is 0 Å². The molecule has 1 aliphatic heterocycles. The normalized spacial score (nSPS) is 30.0. The maximum Gasteiger partial charge on any atom is 0.0791 e. The average molecular weight is 200 g/mol. The third-order valence-corrected chi connectivity index (χ3v) is 2.78. The third-order valence-electron chi connectivity index (χ3n) is 2.78. The second kappa shape index (κ2) is 3.80. The molecule has 1 unspecified atom stereocenters. The fourth-order valence-electron chi connectivity index (χ4n) is 1.82. The van der Waals surface area contributed by atoms with E-state index in [2.05, 4.69) is 44.8 Å². The summed E-state index contributed by atoms with van der Waals surface area (Å²) in [6.07, 6.45) is -0.254. The van der Waals surface area contributed by atoms with Crippen molar-refractivity contribution in [2.45, 2.75) is 51.8 Å². The molecule has 84 valence electrons. The molecule has 0 bridgehead atoms. The quantitative estimate of drug-likeness (QED) is 0.608. The molecule has 3 heteroatoms. The van der Waals surface area contributed by atoms with E-state index in [-0.39, 0.29) is 17.2 Å². The minimum Gasteiger partial charge on any atom is -0.390 e. The van der Waals surface area contributed by atoms with E-state index >= 15 is 0 Å². The van der Waals surface area contributed by atoms with Crippen LogP contribution in [0.2, 0.25) is 0 Å². The number of hydrogen-bond donors (Lipinski definition) is 2. The number of hydrogen-bond acceptors (Lipinski definition) is 3. The molecule has 0 aromatic rings. The second-order valence-electron chi connectivity index (χ2n) is 5.97. The summed E-state index contributed by atoms with van der Waals surface area (Å²) < 4.78 is 0. The molecule has 0 aliphatic carbocycles. The first-order chi connectivity index (χ1) is 6.21. The van der Waals surface area contributed by atoms with Crippen molar-refractivity contribution in [3.63, 3.8) is 0 Å². The van der Waals surface area contributed by atoms with Gasteiger partial charge in [0.2, 0.25) is 0 Å². The predicted octanol–water partition coefficient (Wildman–Crippen LogP) is 0.830. The van der Waals surface area contributed by atoms with Crippen molar-refractivity contribution < 1.29 is 5.11 Å². The molecule has 1 fully saturated rings. The number of aliphatic hydroxyl groups is 1. The molecular weight excluding hydrogens is 176 g/mol. The molecule has 0 saturated carbocycles. The summed E-state index contributed by atoms with van der Waals surface area (Å²) >= 11 is 0. The Hall–Kier alpha value is -0.120. The number of nitrogens with zero attached hydrogens (tertiary/aromatic N) is 1. The van der Waals surface area contributed by atoms with E-state index in [0.717, 1.165) is 13.1 Å². The molecule has 0 amide bonds. The van der Waals surface area contributed by atoms with Gasteiger partial charge in [-0.2, -0.15) is 0 Å². The van der Waals surface area contributed by atoms with E-state index < -0.39 is 0 Å². The number of rotatable bonds is 0. The number of nitrogens with one attached hydrogen (secondary N) is 1. The molecule has 2 N–H and O–H groups in total. The van der Waals surface area contributed by atoms with Gasteiger partial charge < -0.3 is 10.4 Å². The van der Waals surface area contributed by atoms with Crippen molar-refractivity contribution in [1.29, 1.82) is 0 Å². The van der Waals surface area contributed by atoms with Crippen LogP contribution in [0.1, 0.15) is 34.6 Å². The Labute approximate surface area is 87.5 Å². The minimum atomic E-state index is -0.254. The summed E-state index contributed by atoms with van der Waals surface area (Å²) in [5.41, 5.74) is 0.217. The van der Waals surface area contributed by atoms with Gasteiger partial charge in [-0.25, -0.2) is 0 Å². The number of β-amino-alcohol motifs (C(OH)–C–C–N with tert-alkyl or cyclic N) is 1. The summed E-state index contributed by atoms with van der Waals surface area (Å²) in [5.74, 6) is 0. The summed E-state index contributed by atoms with van der Waals surface area (Å²) in [7, 11) is 0. The van der Waals surface area contributed by atoms with Crippen molar-refractivity contribution in [3.05, 3.63) is 0 Å². The van der Waals surface area contributed by atoms with Crippen molar-refractivity contribution in [2.24, 2.45) is 0 Å². The highest BCUT2D eigenvalue weighted by molar-refractivity contribution is 4.92. The Morgan fingerprint density at radius 2 is 1.93 bits per heavy atom. The number of aliphatic hydroxyl groups excluding tert-OH is 1. The molecule has 0 spiro atoms. The molecule has 1 saturated heterocycles. The van der Waals surface area contributed by atoms with Gasteiger partial charge in [-0.15, -0.1) is 0 Å². The lowest BCUT2D eigenvalue weighted by Gasteiger charge is -2.39. The van der Waals surface area contributed by atoms with Gasteiger partial charge in [0.1, 0.15) is 0 Å². The lowest BCUT2D eigenvalue weighted by Crippen LogP contribution is -2.51. The summed E-state index contributed by atoms with van der Waals surface area (Å²) in [4.78, 5) is 2.34. The molecule has 14 heavy (non-hydrogen) atoms. The maximum atomic E-state index is 9.75. The summed E-state index contributed by atoms with van der Waals surface area (Å²) in [6.45, 7) is 13.4. The SMILES string of the molecule is CC1(C)CN(C(C)(C)C)CC(O)CN1. The largest absolute Gasteiger partial charge is 0.390 e. The van der Waals surface area contributed by atoms with Crippen LogP contribution in [0.15, 0.2) is 0 Å². The smallest absolute Gasteiger partial charge is 0.0791 e. The lowest BCUT2D eigenvalue weighted by molar-refractivity contribution is 0.0688. The monoisotopic (exact) mass is 200 g/mol. The highest BCUT2D eigenvalue weighted by atomic mass is 16.3. The first-order valence-corrected chi connectivity index (χ1v) is 5.39. The van der Waals surface area contributed by atoms with Crippen LogP contribution in [-0.2, 0) is 0 Å². The minimum absolute atomic E-state index is 0.0881. The molecule has 1 heterocycles. The molecule has 1 rings (SSSR count). The molecule has 1 aliphatic rings. The zero-order valence-corrected chi connectivity index (χ0v) is 10.1. The lowest BCUT2D eigenvalue weighted by atomic mass is 10.00. The Morgan fingerprint density at radius 1 is 1.36 bits per heavy atom. The second-order valence-corrected chi connectivity index (χ2v) is 5.97. The van der Waals surface area contributed by atoms with Gasteiger partial charge in [0, 0.05) is 30.7 Å². The van der Waals surface area contributed by atoms with E-state index in [4.69, 9.17) is 0 Å². The fourth-order valence-corrected chi connectivity index (χ4v) is 1.82. The van der Waals surface area contributed by atoms with Gasteiger partial charge in [0.05, 0.1) is 6.10 Å². The van der Waals surface area contributed by atoms with Gasteiger partial charge in [-0.3, -0.25) is 4.90 Å². The molecule has 0 aromatic carbocycles. The molecule has 0 radical (unpaired) electrons. The zero-order valence-electron chi connectivity index (χ0n) is 10.1. The zero-order chi connectivity index (χ0) is 11.0. The van der Waals surface area contributed by atoms with Crippen LogP contribution in [0.25, 0.3) is 0 Å². The van der Waals surface area contributed by atoms with E-state index in [1.54, 1.807) is 0 Å². The molecule has 1 atom stereocenters. The Morgan fingerprint density at radius 3 is 2.43 bits per heavy atom. The van der Waals surface area contributed by atoms with Gasteiger partial charge in [-0.05, 0) is 34.6 Å². The van der Waals surface area contributed by atoms with Crippen molar-refractivity contribution in [3.8, 4) is 0 Å². The van der Waals surface area contributed by atoms with Crippen molar-refractivity contribution in [1.82, 2.24) is 10.2 Å². The van der Waals surface area contributed by atoms with Gasteiger partial charge in [0.15, 0.2) is 0 Å². The summed E-state index contributed by atoms with van der Waals surface area (Å²) in [5, 5.41) is 13.1. The molecule has 3 nitrogen and oxygen atoms in total. The van der Waals surface area contributed by atoms with Crippen LogP contribution in [0.4, 0.5) is 0 Å². The third kappa shape index (κ3) is 3.23. The standard InChI is InChI=1S/C11H24N2O/c1-10(2,3)13-7-9(14)6-12-11(4,5)8-13/h9,12,14H,6-8H2,1-5H3. The molecule has 0 aromatic heterocycles. The first kappa shape index (κ1) is 12.0. The highest BCUT2D eigenvalue weighted by Gasteiger charge is 2.32. The highest BCUT2D eigenvalue weighted by Crippen LogP contribution is 2.19. The predicted molar refractivity (Wildman–Crippen MR) is 59.4 cm³/mol. The topological polar surface area (TPSA) is 35.5 Å². The van der Waals surface area contributed by atoms with E-state index in [9.17, 15) is 5.11 Å². The van der Waals surface area contributed by atoms with E-state index in [1.807, 2.05) is 0 Å². The Balaban J connectivity index is 2.75. The van der Waals surface area contributed by atoms with Crippen LogP contribution in [-0.4, -0.2) is 46.8 Å². The fraction of sp³-hybridized carbons (Fsp3) is 1.00. The van der Waals surface area contributed by atoms with Crippen LogP contribution >= 0.6 is 0 Å². The van der Waals surface area contributed by atoms with Crippen LogP contribution in [0.3, 0.4) is 0 Å². The Kier molecular flexibility index (Phi) is 3.24. The van der Waals surface area contributed by atoms with E-state index in [1.165, 1.54) is 0 Å². The van der Waals surface area contributed by atoms with Gasteiger partial charge in [0.25, 0.3) is 0 Å². The maximum absolute atomic E-state index is 9.75.